The molecule has 182 valence electrons. The smallest absolute Gasteiger partial charge is 0.412 e. The second kappa shape index (κ2) is 10.0. The number of aliphatic carboxylic acids is 1. The van der Waals surface area contributed by atoms with Gasteiger partial charge in [0.2, 0.25) is 0 Å². The number of rotatable bonds is 8. The molecule has 0 saturated carbocycles. The lowest BCUT2D eigenvalue weighted by molar-refractivity contribution is -0.140. The highest BCUT2D eigenvalue weighted by Gasteiger charge is 2.30. The predicted octanol–water partition coefficient (Wildman–Crippen LogP) is 4.01. The van der Waals surface area contributed by atoms with E-state index in [0.717, 1.165) is 22.3 Å². The van der Waals surface area contributed by atoms with Crippen LogP contribution in [0, 0.1) is 5.92 Å². The molecule has 0 spiro atoms. The second-order valence-electron chi connectivity index (χ2n) is 8.66. The number of carbonyl (C=O) groups is 3. The number of hydrogen-bond donors (Lipinski definition) is 3. The molecule has 3 aromatic rings. The van der Waals surface area contributed by atoms with Crippen LogP contribution in [0.2, 0.25) is 0 Å². The number of aryl methyl sites for hydroxylation is 1. The lowest BCUT2D eigenvalue weighted by Gasteiger charge is -2.19. The highest BCUT2D eigenvalue weighted by atomic mass is 16.5. The van der Waals surface area contributed by atoms with E-state index in [0.29, 0.717) is 6.42 Å². The lowest BCUT2D eigenvalue weighted by Crippen LogP contribution is -2.45. The van der Waals surface area contributed by atoms with E-state index in [2.05, 4.69) is 27.9 Å². The van der Waals surface area contributed by atoms with Crippen molar-refractivity contribution in [3.05, 3.63) is 71.4 Å². The Hall–Kier alpha value is -4.14. The summed E-state index contributed by atoms with van der Waals surface area (Å²) in [5.74, 6) is -1.89. The summed E-state index contributed by atoms with van der Waals surface area (Å²) in [6.45, 7) is 3.76. The van der Waals surface area contributed by atoms with Gasteiger partial charge in [0.25, 0.3) is 5.91 Å². The Labute approximate surface area is 203 Å². The first-order valence-electron chi connectivity index (χ1n) is 11.5. The summed E-state index contributed by atoms with van der Waals surface area (Å²) in [6.07, 6.45) is -0.100. The van der Waals surface area contributed by atoms with Gasteiger partial charge in [-0.3, -0.25) is 14.8 Å². The first-order valence-corrected chi connectivity index (χ1v) is 11.5. The fourth-order valence-electron chi connectivity index (χ4n) is 4.38. The zero-order chi connectivity index (χ0) is 25.1. The van der Waals surface area contributed by atoms with Crippen LogP contribution < -0.4 is 10.6 Å². The third-order valence-electron chi connectivity index (χ3n) is 6.45. The molecule has 2 atom stereocenters. The summed E-state index contributed by atoms with van der Waals surface area (Å²) in [5.41, 5.74) is 4.60. The van der Waals surface area contributed by atoms with Crippen molar-refractivity contribution in [2.45, 2.75) is 32.2 Å². The number of benzene rings is 2. The number of hydrogen-bond acceptors (Lipinski definition) is 5. The zero-order valence-electron chi connectivity index (χ0n) is 19.8. The molecule has 2 aromatic carbocycles. The third-order valence-corrected chi connectivity index (χ3v) is 6.45. The average Bonchev–Trinajstić information content (AvgIpc) is 3.37. The summed E-state index contributed by atoms with van der Waals surface area (Å²) < 4.78 is 6.80. The molecule has 4 rings (SSSR count). The van der Waals surface area contributed by atoms with Crippen molar-refractivity contribution in [3.63, 3.8) is 0 Å². The number of anilines is 1. The minimum absolute atomic E-state index is 0.0771. The summed E-state index contributed by atoms with van der Waals surface area (Å²) in [7, 11) is 1.54. The van der Waals surface area contributed by atoms with E-state index in [1.165, 1.54) is 17.8 Å². The van der Waals surface area contributed by atoms with Crippen LogP contribution in [-0.4, -0.2) is 45.5 Å². The first-order chi connectivity index (χ1) is 16.8. The fourth-order valence-corrected chi connectivity index (χ4v) is 4.38. The molecular weight excluding hydrogens is 448 g/mol. The van der Waals surface area contributed by atoms with Crippen LogP contribution in [0.1, 0.15) is 47.8 Å². The molecule has 0 bridgehead atoms. The van der Waals surface area contributed by atoms with Crippen molar-refractivity contribution >= 4 is 23.8 Å². The van der Waals surface area contributed by atoms with Gasteiger partial charge in [-0.2, -0.15) is 5.10 Å². The average molecular weight is 477 g/mol. The van der Waals surface area contributed by atoms with Gasteiger partial charge in [-0.05, 0) is 28.2 Å². The maximum Gasteiger partial charge on any atom is 0.412 e. The summed E-state index contributed by atoms with van der Waals surface area (Å²) in [6, 6.07) is 16.5. The van der Waals surface area contributed by atoms with Gasteiger partial charge in [0.05, 0.1) is 0 Å². The molecule has 35 heavy (non-hydrogen) atoms. The molecule has 0 saturated heterocycles. The molecule has 9 nitrogen and oxygen atoms in total. The van der Waals surface area contributed by atoms with Crippen molar-refractivity contribution in [3.8, 4) is 11.1 Å². The summed E-state index contributed by atoms with van der Waals surface area (Å²) in [5, 5.41) is 18.6. The molecule has 1 unspecified atom stereocenters. The SMILES string of the molecule is CCC(C)[C@H](NC(=O)c1cc(NC(=O)OCC2c3ccccc3-c3ccccc32)nn1C)C(=O)O. The van der Waals surface area contributed by atoms with E-state index in [-0.39, 0.29) is 30.0 Å². The van der Waals surface area contributed by atoms with Crippen LogP contribution in [-0.2, 0) is 16.6 Å². The quantitative estimate of drug-likeness (QED) is 0.452. The Balaban J connectivity index is 1.41. The standard InChI is InChI=1S/C26H28N4O5/c1-4-15(2)23(25(32)33)28-24(31)21-13-22(29-30(21)3)27-26(34)35-14-20-18-11-7-5-9-16(18)17-10-6-8-12-19(17)20/h5-13,15,20,23H,4,14H2,1-3H3,(H,28,31)(H,32,33)(H,27,29,34)/t15?,23-/m0/s1. The van der Waals surface area contributed by atoms with E-state index in [4.69, 9.17) is 4.74 Å². The topological polar surface area (TPSA) is 123 Å². The maximum absolute atomic E-state index is 12.7. The predicted molar refractivity (Wildman–Crippen MR) is 130 cm³/mol. The monoisotopic (exact) mass is 476 g/mol. The van der Waals surface area contributed by atoms with E-state index in [1.807, 2.05) is 43.3 Å². The molecule has 9 heteroatoms. The molecule has 1 heterocycles. The van der Waals surface area contributed by atoms with Crippen LogP contribution in [0.25, 0.3) is 11.1 Å². The molecule has 0 radical (unpaired) electrons. The van der Waals surface area contributed by atoms with Gasteiger partial charge >= 0.3 is 12.1 Å². The lowest BCUT2D eigenvalue weighted by atomic mass is 9.98. The van der Waals surface area contributed by atoms with Crippen LogP contribution >= 0.6 is 0 Å². The van der Waals surface area contributed by atoms with Crippen LogP contribution in [0.3, 0.4) is 0 Å². The minimum Gasteiger partial charge on any atom is -0.480 e. The highest BCUT2D eigenvalue weighted by Crippen LogP contribution is 2.44. The minimum atomic E-state index is -1.10. The highest BCUT2D eigenvalue weighted by molar-refractivity contribution is 5.96. The summed E-state index contributed by atoms with van der Waals surface area (Å²) in [4.78, 5) is 36.7. The largest absolute Gasteiger partial charge is 0.480 e. The van der Waals surface area contributed by atoms with Crippen molar-refractivity contribution in [1.82, 2.24) is 15.1 Å². The molecule has 2 amide bonds. The number of nitrogens with zero attached hydrogens (tertiary/aromatic N) is 2. The number of ether oxygens (including phenoxy) is 1. The molecule has 0 fully saturated rings. The van der Waals surface area contributed by atoms with Crippen LogP contribution in [0.15, 0.2) is 54.6 Å². The number of carboxylic acid groups (broad SMARTS) is 1. The van der Waals surface area contributed by atoms with Crippen molar-refractivity contribution in [1.29, 1.82) is 0 Å². The van der Waals surface area contributed by atoms with Crippen LogP contribution in [0.4, 0.5) is 10.6 Å². The molecule has 1 aromatic heterocycles. The van der Waals surface area contributed by atoms with Crippen molar-refractivity contribution in [2.75, 3.05) is 11.9 Å². The fraction of sp³-hybridized carbons (Fsp3) is 0.308. The molecule has 1 aliphatic rings. The van der Waals surface area contributed by atoms with E-state index in [9.17, 15) is 19.5 Å². The number of amides is 2. The van der Waals surface area contributed by atoms with E-state index >= 15 is 0 Å². The van der Waals surface area contributed by atoms with Crippen molar-refractivity contribution < 1.29 is 24.2 Å². The number of carbonyl (C=O) groups excluding carboxylic acids is 2. The number of aromatic nitrogens is 2. The molecule has 3 N–H and O–H groups in total. The van der Waals surface area contributed by atoms with E-state index in [1.54, 1.807) is 6.92 Å². The Bertz CT molecular complexity index is 1220. The van der Waals surface area contributed by atoms with Gasteiger partial charge in [-0.25, -0.2) is 9.59 Å². The second-order valence-corrected chi connectivity index (χ2v) is 8.66. The zero-order valence-corrected chi connectivity index (χ0v) is 19.8. The Kier molecular flexibility index (Phi) is 6.86. The summed E-state index contributed by atoms with van der Waals surface area (Å²) >= 11 is 0. The Morgan fingerprint density at radius 1 is 1.09 bits per heavy atom. The number of nitrogens with one attached hydrogen (secondary N) is 2. The normalized spacial score (nSPS) is 13.9. The van der Waals surface area contributed by atoms with Gasteiger partial charge < -0.3 is 15.2 Å². The van der Waals surface area contributed by atoms with Gasteiger partial charge in [-0.1, -0.05) is 68.8 Å². The number of carboxylic acids is 1. The number of fused-ring (bicyclic) bond motifs is 3. The van der Waals surface area contributed by atoms with Crippen LogP contribution in [0.5, 0.6) is 0 Å². The van der Waals surface area contributed by atoms with Gasteiger partial charge in [-0.15, -0.1) is 0 Å². The molecule has 1 aliphatic carbocycles. The maximum atomic E-state index is 12.7. The third kappa shape index (κ3) is 4.89. The molecule has 0 aliphatic heterocycles. The van der Waals surface area contributed by atoms with Gasteiger partial charge in [0.1, 0.15) is 18.3 Å². The first kappa shape index (κ1) is 24.0. The Morgan fingerprint density at radius 2 is 1.69 bits per heavy atom. The van der Waals surface area contributed by atoms with E-state index < -0.39 is 24.0 Å². The van der Waals surface area contributed by atoms with Gasteiger partial charge in [0, 0.05) is 19.0 Å². The molecular formula is C26H28N4O5. The Morgan fingerprint density at radius 3 is 2.26 bits per heavy atom. The van der Waals surface area contributed by atoms with Gasteiger partial charge in [0.15, 0.2) is 5.82 Å². The van der Waals surface area contributed by atoms with Crippen molar-refractivity contribution in [2.24, 2.45) is 13.0 Å².